The van der Waals surface area contributed by atoms with E-state index < -0.39 is 0 Å². The van der Waals surface area contributed by atoms with E-state index in [1.54, 1.807) is 12.4 Å². The van der Waals surface area contributed by atoms with Crippen molar-refractivity contribution < 1.29 is 4.79 Å². The molecule has 1 aliphatic rings. The van der Waals surface area contributed by atoms with E-state index in [9.17, 15) is 4.79 Å². The van der Waals surface area contributed by atoms with Crippen molar-refractivity contribution in [2.75, 3.05) is 16.8 Å². The molecule has 1 atom stereocenters. The molecule has 2 aromatic rings. The van der Waals surface area contributed by atoms with Gasteiger partial charge in [0, 0.05) is 18.3 Å². The van der Waals surface area contributed by atoms with E-state index in [0.29, 0.717) is 11.7 Å². The Labute approximate surface area is 136 Å². The second kappa shape index (κ2) is 7.22. The maximum atomic E-state index is 12.2. The first-order valence-corrected chi connectivity index (χ1v) is 8.23. The Bertz CT molecular complexity index is 642. The van der Waals surface area contributed by atoms with E-state index >= 15 is 0 Å². The van der Waals surface area contributed by atoms with Gasteiger partial charge in [0.25, 0.3) is 5.91 Å². The Morgan fingerprint density at radius 2 is 2.04 bits per heavy atom. The Morgan fingerprint density at radius 1 is 1.22 bits per heavy atom. The van der Waals surface area contributed by atoms with E-state index in [1.807, 2.05) is 30.3 Å². The molecule has 1 N–H and O–H groups in total. The predicted octanol–water partition coefficient (Wildman–Crippen LogP) is 3.50. The summed E-state index contributed by atoms with van der Waals surface area (Å²) < 4.78 is 0. The molecular weight excluding hydrogens is 288 g/mol. The number of aromatic nitrogens is 2. The van der Waals surface area contributed by atoms with Crippen molar-refractivity contribution in [3.8, 4) is 0 Å². The molecule has 0 bridgehead atoms. The van der Waals surface area contributed by atoms with Gasteiger partial charge < -0.3 is 10.2 Å². The van der Waals surface area contributed by atoms with Crippen LogP contribution in [0.2, 0.25) is 0 Å². The minimum Gasteiger partial charge on any atom is -0.352 e. The summed E-state index contributed by atoms with van der Waals surface area (Å²) in [6, 6.07) is 9.89. The molecule has 0 radical (unpaired) electrons. The lowest BCUT2D eigenvalue weighted by molar-refractivity contribution is 0.102. The molecule has 1 unspecified atom stereocenters. The molecule has 1 saturated heterocycles. The SMILES string of the molecule is CCC1CCCCN1c1cnc(C(=O)Nc2ccccc2)cn1. The number of para-hydroxylation sites is 1. The number of amides is 1. The molecule has 120 valence electrons. The minimum absolute atomic E-state index is 0.235. The fourth-order valence-corrected chi connectivity index (χ4v) is 3.03. The normalized spacial score (nSPS) is 17.8. The largest absolute Gasteiger partial charge is 0.352 e. The van der Waals surface area contributed by atoms with Crippen molar-refractivity contribution in [3.63, 3.8) is 0 Å². The number of nitrogens with zero attached hydrogens (tertiary/aromatic N) is 3. The first kappa shape index (κ1) is 15.5. The summed E-state index contributed by atoms with van der Waals surface area (Å²) in [5.74, 6) is 0.633. The molecular formula is C18H22N4O. The Balaban J connectivity index is 1.70. The molecule has 1 fully saturated rings. The molecule has 0 aliphatic carbocycles. The van der Waals surface area contributed by atoms with Gasteiger partial charge >= 0.3 is 0 Å². The summed E-state index contributed by atoms with van der Waals surface area (Å²) in [5.41, 5.74) is 1.09. The summed E-state index contributed by atoms with van der Waals surface area (Å²) in [7, 11) is 0. The van der Waals surface area contributed by atoms with Crippen LogP contribution >= 0.6 is 0 Å². The number of nitrogens with one attached hydrogen (secondary N) is 1. The zero-order valence-corrected chi connectivity index (χ0v) is 13.4. The monoisotopic (exact) mass is 310 g/mol. The van der Waals surface area contributed by atoms with Crippen LogP contribution in [0.4, 0.5) is 11.5 Å². The number of benzene rings is 1. The summed E-state index contributed by atoms with van der Waals surface area (Å²) in [6.07, 6.45) is 8.06. The molecule has 1 aromatic carbocycles. The van der Waals surface area contributed by atoms with Crippen LogP contribution in [-0.4, -0.2) is 28.5 Å². The van der Waals surface area contributed by atoms with E-state index in [1.165, 1.54) is 19.3 Å². The maximum absolute atomic E-state index is 12.2. The van der Waals surface area contributed by atoms with Gasteiger partial charge in [-0.05, 0) is 37.8 Å². The second-order valence-electron chi connectivity index (χ2n) is 5.83. The summed E-state index contributed by atoms with van der Waals surface area (Å²) >= 11 is 0. The third-order valence-electron chi connectivity index (χ3n) is 4.30. The molecule has 0 spiro atoms. The van der Waals surface area contributed by atoms with Crippen LogP contribution in [0.5, 0.6) is 0 Å². The van der Waals surface area contributed by atoms with Crippen molar-refractivity contribution in [1.82, 2.24) is 9.97 Å². The zero-order chi connectivity index (χ0) is 16.1. The van der Waals surface area contributed by atoms with Crippen molar-refractivity contribution >= 4 is 17.4 Å². The lowest BCUT2D eigenvalue weighted by Crippen LogP contribution is -2.39. The van der Waals surface area contributed by atoms with Gasteiger partial charge in [0.05, 0.1) is 12.4 Å². The van der Waals surface area contributed by atoms with Crippen LogP contribution in [0, 0.1) is 0 Å². The van der Waals surface area contributed by atoms with Crippen molar-refractivity contribution in [1.29, 1.82) is 0 Å². The van der Waals surface area contributed by atoms with E-state index in [0.717, 1.165) is 24.5 Å². The molecule has 23 heavy (non-hydrogen) atoms. The third-order valence-corrected chi connectivity index (χ3v) is 4.30. The number of carbonyl (C=O) groups is 1. The van der Waals surface area contributed by atoms with Crippen LogP contribution in [0.1, 0.15) is 43.1 Å². The van der Waals surface area contributed by atoms with E-state index in [2.05, 4.69) is 27.1 Å². The first-order chi connectivity index (χ1) is 11.3. The summed E-state index contributed by atoms with van der Waals surface area (Å²) in [5, 5.41) is 2.82. The standard InChI is InChI=1S/C18H22N4O/c1-2-15-10-6-7-11-22(15)17-13-19-16(12-20-17)18(23)21-14-8-4-3-5-9-14/h3-5,8-9,12-13,15H,2,6-7,10-11H2,1H3,(H,21,23). The van der Waals surface area contributed by atoms with Crippen LogP contribution in [0.15, 0.2) is 42.7 Å². The van der Waals surface area contributed by atoms with E-state index in [-0.39, 0.29) is 5.91 Å². The van der Waals surface area contributed by atoms with Crippen molar-refractivity contribution in [3.05, 3.63) is 48.4 Å². The average molecular weight is 310 g/mol. The van der Waals surface area contributed by atoms with Gasteiger partial charge in [0.15, 0.2) is 0 Å². The average Bonchev–Trinajstić information content (AvgIpc) is 2.62. The van der Waals surface area contributed by atoms with Crippen molar-refractivity contribution in [2.24, 2.45) is 0 Å². The highest BCUT2D eigenvalue weighted by Crippen LogP contribution is 2.24. The molecule has 1 amide bonds. The highest BCUT2D eigenvalue weighted by atomic mass is 16.1. The number of piperidine rings is 1. The molecule has 0 saturated carbocycles. The van der Waals surface area contributed by atoms with Gasteiger partial charge in [0.1, 0.15) is 11.5 Å². The smallest absolute Gasteiger partial charge is 0.275 e. The third kappa shape index (κ3) is 3.67. The fourth-order valence-electron chi connectivity index (χ4n) is 3.03. The molecule has 1 aliphatic heterocycles. The Morgan fingerprint density at radius 3 is 2.74 bits per heavy atom. The highest BCUT2D eigenvalue weighted by molar-refractivity contribution is 6.02. The maximum Gasteiger partial charge on any atom is 0.275 e. The van der Waals surface area contributed by atoms with E-state index in [4.69, 9.17) is 0 Å². The lowest BCUT2D eigenvalue weighted by atomic mass is 10.0. The molecule has 1 aromatic heterocycles. The summed E-state index contributed by atoms with van der Waals surface area (Å²) in [4.78, 5) is 23.3. The van der Waals surface area contributed by atoms with Gasteiger partial charge in [-0.25, -0.2) is 9.97 Å². The lowest BCUT2D eigenvalue weighted by Gasteiger charge is -2.35. The quantitative estimate of drug-likeness (QED) is 0.939. The first-order valence-electron chi connectivity index (χ1n) is 8.23. The topological polar surface area (TPSA) is 58.1 Å². The van der Waals surface area contributed by atoms with Gasteiger partial charge in [-0.3, -0.25) is 4.79 Å². The predicted molar refractivity (Wildman–Crippen MR) is 91.7 cm³/mol. The summed E-state index contributed by atoms with van der Waals surface area (Å²) in [6.45, 7) is 3.22. The minimum atomic E-state index is -0.235. The number of hydrogen-bond donors (Lipinski definition) is 1. The van der Waals surface area contributed by atoms with Gasteiger partial charge in [0.2, 0.25) is 0 Å². The van der Waals surface area contributed by atoms with Crippen LogP contribution in [0.25, 0.3) is 0 Å². The number of carbonyl (C=O) groups excluding carboxylic acids is 1. The molecule has 2 heterocycles. The second-order valence-corrected chi connectivity index (χ2v) is 5.83. The Hall–Kier alpha value is -2.43. The highest BCUT2D eigenvalue weighted by Gasteiger charge is 2.22. The fraction of sp³-hybridized carbons (Fsp3) is 0.389. The zero-order valence-electron chi connectivity index (χ0n) is 13.4. The molecule has 3 rings (SSSR count). The van der Waals surface area contributed by atoms with Gasteiger partial charge in [-0.15, -0.1) is 0 Å². The van der Waals surface area contributed by atoms with Crippen molar-refractivity contribution in [2.45, 2.75) is 38.6 Å². The number of hydrogen-bond acceptors (Lipinski definition) is 4. The Kier molecular flexibility index (Phi) is 4.86. The van der Waals surface area contributed by atoms with Crippen LogP contribution in [-0.2, 0) is 0 Å². The van der Waals surface area contributed by atoms with Crippen LogP contribution in [0.3, 0.4) is 0 Å². The number of anilines is 2. The molecule has 5 heteroatoms. The molecule has 5 nitrogen and oxygen atoms in total. The van der Waals surface area contributed by atoms with Gasteiger partial charge in [-0.2, -0.15) is 0 Å². The number of rotatable bonds is 4. The van der Waals surface area contributed by atoms with Gasteiger partial charge in [-0.1, -0.05) is 25.1 Å². The van der Waals surface area contributed by atoms with Crippen LogP contribution < -0.4 is 10.2 Å².